The normalized spacial score (nSPS) is 13.3. The maximum absolute atomic E-state index is 12.1. The van der Waals surface area contributed by atoms with Crippen molar-refractivity contribution >= 4 is 16.0 Å². The quantitative estimate of drug-likeness (QED) is 0.714. The third-order valence-electron chi connectivity index (χ3n) is 2.82. The number of hydrogen-bond acceptors (Lipinski definition) is 4. The molecule has 0 amide bonds. The molecule has 114 valence electrons. The van der Waals surface area contributed by atoms with Crippen molar-refractivity contribution in [1.29, 1.82) is 0 Å². The van der Waals surface area contributed by atoms with Crippen LogP contribution in [0.5, 0.6) is 0 Å². The highest BCUT2D eigenvalue weighted by atomic mass is 32.2. The summed E-state index contributed by atoms with van der Waals surface area (Å²) in [6.45, 7) is 4.02. The number of carboxylic acid groups (broad SMARTS) is 1. The second kappa shape index (κ2) is 7.39. The first kappa shape index (κ1) is 16.6. The number of aryl methyl sites for hydroxylation is 1. The monoisotopic (exact) mass is 303 g/mol. The van der Waals surface area contributed by atoms with Crippen LogP contribution in [0, 0.1) is 0 Å². The SMILES string of the molecule is CCCCC(C)NS(=O)(=O)c1cnn(CCC(=O)O)c1. The Morgan fingerprint density at radius 1 is 1.55 bits per heavy atom. The topological polar surface area (TPSA) is 101 Å². The van der Waals surface area contributed by atoms with E-state index in [2.05, 4.69) is 9.82 Å². The summed E-state index contributed by atoms with van der Waals surface area (Å²) >= 11 is 0. The van der Waals surface area contributed by atoms with Gasteiger partial charge in [-0.2, -0.15) is 5.10 Å². The van der Waals surface area contributed by atoms with Gasteiger partial charge in [-0.3, -0.25) is 9.48 Å². The van der Waals surface area contributed by atoms with Gasteiger partial charge >= 0.3 is 5.97 Å². The molecule has 8 heteroatoms. The highest BCUT2D eigenvalue weighted by Crippen LogP contribution is 2.10. The minimum atomic E-state index is -3.59. The summed E-state index contributed by atoms with van der Waals surface area (Å²) in [5.74, 6) is -0.948. The van der Waals surface area contributed by atoms with Gasteiger partial charge in [0, 0.05) is 12.2 Å². The number of hydrogen-bond donors (Lipinski definition) is 2. The van der Waals surface area contributed by atoms with Crippen LogP contribution in [0.15, 0.2) is 17.3 Å². The number of rotatable bonds is 9. The zero-order valence-electron chi connectivity index (χ0n) is 11.7. The molecule has 0 aliphatic heterocycles. The van der Waals surface area contributed by atoms with Crippen LogP contribution in [-0.2, 0) is 21.4 Å². The van der Waals surface area contributed by atoms with Crippen LogP contribution in [0.1, 0.15) is 39.5 Å². The summed E-state index contributed by atoms with van der Waals surface area (Å²) in [6.07, 6.45) is 5.24. The van der Waals surface area contributed by atoms with E-state index < -0.39 is 16.0 Å². The second-order valence-corrected chi connectivity index (χ2v) is 6.46. The van der Waals surface area contributed by atoms with Gasteiger partial charge in [0.05, 0.1) is 19.2 Å². The van der Waals surface area contributed by atoms with Gasteiger partial charge in [0.1, 0.15) is 4.90 Å². The van der Waals surface area contributed by atoms with Crippen LogP contribution < -0.4 is 4.72 Å². The first-order valence-corrected chi connectivity index (χ1v) is 8.10. The fraction of sp³-hybridized carbons (Fsp3) is 0.667. The van der Waals surface area contributed by atoms with Crippen LogP contribution in [-0.4, -0.2) is 35.3 Å². The number of sulfonamides is 1. The van der Waals surface area contributed by atoms with Crippen molar-refractivity contribution in [2.45, 2.75) is 57.0 Å². The molecule has 0 spiro atoms. The van der Waals surface area contributed by atoms with Crippen molar-refractivity contribution in [3.05, 3.63) is 12.4 Å². The molecule has 1 rings (SSSR count). The largest absolute Gasteiger partial charge is 0.481 e. The highest BCUT2D eigenvalue weighted by Gasteiger charge is 2.19. The van der Waals surface area contributed by atoms with Crippen LogP contribution in [0.25, 0.3) is 0 Å². The Bertz CT molecular complexity index is 539. The summed E-state index contributed by atoms with van der Waals surface area (Å²) in [7, 11) is -3.59. The minimum Gasteiger partial charge on any atom is -0.481 e. The summed E-state index contributed by atoms with van der Waals surface area (Å²) < 4.78 is 28.1. The van der Waals surface area contributed by atoms with Gasteiger partial charge in [-0.1, -0.05) is 19.8 Å². The van der Waals surface area contributed by atoms with E-state index in [1.807, 2.05) is 13.8 Å². The van der Waals surface area contributed by atoms with E-state index in [-0.39, 0.29) is 23.9 Å². The van der Waals surface area contributed by atoms with Crippen LogP contribution in [0.4, 0.5) is 0 Å². The van der Waals surface area contributed by atoms with E-state index in [0.717, 1.165) is 19.3 Å². The van der Waals surface area contributed by atoms with Crippen molar-refractivity contribution in [3.63, 3.8) is 0 Å². The van der Waals surface area contributed by atoms with E-state index in [0.29, 0.717) is 0 Å². The lowest BCUT2D eigenvalue weighted by Gasteiger charge is -2.12. The van der Waals surface area contributed by atoms with Crippen molar-refractivity contribution in [2.75, 3.05) is 0 Å². The maximum Gasteiger partial charge on any atom is 0.305 e. The Balaban J connectivity index is 2.65. The first-order chi connectivity index (χ1) is 9.35. The molecule has 2 N–H and O–H groups in total. The zero-order valence-corrected chi connectivity index (χ0v) is 12.6. The summed E-state index contributed by atoms with van der Waals surface area (Å²) in [4.78, 5) is 10.5. The van der Waals surface area contributed by atoms with Gasteiger partial charge in [-0.25, -0.2) is 13.1 Å². The Labute approximate surface area is 119 Å². The lowest BCUT2D eigenvalue weighted by atomic mass is 10.2. The molecule has 0 aromatic carbocycles. The van der Waals surface area contributed by atoms with Gasteiger partial charge in [0.2, 0.25) is 10.0 Å². The van der Waals surface area contributed by atoms with Crippen LogP contribution in [0.3, 0.4) is 0 Å². The van der Waals surface area contributed by atoms with Crippen molar-refractivity contribution in [1.82, 2.24) is 14.5 Å². The van der Waals surface area contributed by atoms with Gasteiger partial charge in [-0.15, -0.1) is 0 Å². The number of unbranched alkanes of at least 4 members (excludes halogenated alkanes) is 1. The van der Waals surface area contributed by atoms with Gasteiger partial charge in [0.25, 0.3) is 0 Å². The van der Waals surface area contributed by atoms with Crippen molar-refractivity contribution in [3.8, 4) is 0 Å². The fourth-order valence-electron chi connectivity index (χ4n) is 1.72. The van der Waals surface area contributed by atoms with Crippen molar-refractivity contribution in [2.24, 2.45) is 0 Å². The summed E-state index contributed by atoms with van der Waals surface area (Å²) in [5, 5.41) is 12.4. The van der Waals surface area contributed by atoms with E-state index in [1.54, 1.807) is 0 Å². The van der Waals surface area contributed by atoms with Gasteiger partial charge in [0.15, 0.2) is 0 Å². The molecule has 1 aromatic heterocycles. The molecule has 1 aromatic rings. The third kappa shape index (κ3) is 5.30. The second-order valence-electron chi connectivity index (χ2n) is 4.75. The number of nitrogens with one attached hydrogen (secondary N) is 1. The van der Waals surface area contributed by atoms with E-state index in [9.17, 15) is 13.2 Å². The Morgan fingerprint density at radius 2 is 2.25 bits per heavy atom. The number of aromatic nitrogens is 2. The van der Waals surface area contributed by atoms with Crippen molar-refractivity contribution < 1.29 is 18.3 Å². The number of nitrogens with zero attached hydrogens (tertiary/aromatic N) is 2. The van der Waals surface area contributed by atoms with E-state index >= 15 is 0 Å². The summed E-state index contributed by atoms with van der Waals surface area (Å²) in [6, 6.07) is -0.137. The third-order valence-corrected chi connectivity index (χ3v) is 4.37. The van der Waals surface area contributed by atoms with E-state index in [1.165, 1.54) is 17.1 Å². The molecule has 0 aliphatic carbocycles. The Morgan fingerprint density at radius 3 is 2.85 bits per heavy atom. The van der Waals surface area contributed by atoms with E-state index in [4.69, 9.17) is 5.11 Å². The molecular weight excluding hydrogens is 282 g/mol. The first-order valence-electron chi connectivity index (χ1n) is 6.61. The lowest BCUT2D eigenvalue weighted by molar-refractivity contribution is -0.137. The average molecular weight is 303 g/mol. The fourth-order valence-corrected chi connectivity index (χ4v) is 2.95. The summed E-state index contributed by atoms with van der Waals surface area (Å²) in [5.41, 5.74) is 0. The average Bonchev–Trinajstić information content (AvgIpc) is 2.83. The van der Waals surface area contributed by atoms with Gasteiger partial charge in [-0.05, 0) is 13.3 Å². The van der Waals surface area contributed by atoms with Crippen LogP contribution >= 0.6 is 0 Å². The number of carboxylic acids is 1. The lowest BCUT2D eigenvalue weighted by Crippen LogP contribution is -2.32. The zero-order chi connectivity index (χ0) is 15.2. The number of carbonyl (C=O) groups is 1. The minimum absolute atomic E-state index is 0.0613. The number of aliphatic carboxylic acids is 1. The molecule has 0 fully saturated rings. The molecule has 0 radical (unpaired) electrons. The molecular formula is C12H21N3O4S. The van der Waals surface area contributed by atoms with Gasteiger partial charge < -0.3 is 5.11 Å². The Kier molecular flexibility index (Phi) is 6.15. The molecule has 0 bridgehead atoms. The standard InChI is InChI=1S/C12H21N3O4S/c1-3-4-5-10(2)14-20(18,19)11-8-13-15(9-11)7-6-12(16)17/h8-10,14H,3-7H2,1-2H3,(H,16,17). The maximum atomic E-state index is 12.1. The Hall–Kier alpha value is -1.41. The molecule has 1 atom stereocenters. The smallest absolute Gasteiger partial charge is 0.305 e. The molecule has 1 unspecified atom stereocenters. The van der Waals surface area contributed by atoms with Crippen LogP contribution in [0.2, 0.25) is 0 Å². The molecule has 0 aliphatic rings. The molecule has 0 saturated heterocycles. The highest BCUT2D eigenvalue weighted by molar-refractivity contribution is 7.89. The molecule has 0 saturated carbocycles. The predicted octanol–water partition coefficient (Wildman–Crippen LogP) is 1.21. The molecule has 1 heterocycles. The molecule has 7 nitrogen and oxygen atoms in total. The molecule has 20 heavy (non-hydrogen) atoms. The predicted molar refractivity (Wildman–Crippen MR) is 73.8 cm³/mol.